The number of benzene rings is 2. The van der Waals surface area contributed by atoms with Gasteiger partial charge in [0.25, 0.3) is 0 Å². The average molecular weight is 427 g/mol. The van der Waals surface area contributed by atoms with E-state index in [1.54, 1.807) is 36.4 Å². The Hall–Kier alpha value is -2.79. The van der Waals surface area contributed by atoms with E-state index in [2.05, 4.69) is 0 Å². The lowest BCUT2D eigenvalue weighted by Crippen LogP contribution is -2.25. The van der Waals surface area contributed by atoms with E-state index < -0.39 is 5.97 Å². The molecule has 1 aromatic heterocycles. The van der Waals surface area contributed by atoms with Crippen LogP contribution in [0.25, 0.3) is 22.3 Å². The molecule has 0 atom stereocenters. The lowest BCUT2D eigenvalue weighted by molar-refractivity contribution is -0.152. The van der Waals surface area contributed by atoms with Gasteiger partial charge in [0.15, 0.2) is 12.4 Å². The van der Waals surface area contributed by atoms with Gasteiger partial charge in [0.2, 0.25) is 11.2 Å². The van der Waals surface area contributed by atoms with Crippen molar-refractivity contribution in [1.82, 2.24) is 0 Å². The molecule has 1 aliphatic carbocycles. The van der Waals surface area contributed by atoms with Crippen molar-refractivity contribution in [2.45, 2.75) is 45.1 Å². The minimum atomic E-state index is -0.490. The first kappa shape index (κ1) is 20.5. The van der Waals surface area contributed by atoms with Gasteiger partial charge >= 0.3 is 5.97 Å². The van der Waals surface area contributed by atoms with Crippen LogP contribution in [0.15, 0.2) is 51.7 Å². The SMILES string of the molecule is Cc1ccc2c(=O)c(OCC(=O)OC3CCCCC3)c(-c3ccccc3Cl)oc2c1. The number of esters is 1. The summed E-state index contributed by atoms with van der Waals surface area (Å²) in [5.41, 5.74) is 1.57. The molecule has 0 amide bonds. The first-order valence-electron chi connectivity index (χ1n) is 10.2. The summed E-state index contributed by atoms with van der Waals surface area (Å²) in [6.45, 7) is 1.55. The summed E-state index contributed by atoms with van der Waals surface area (Å²) < 4.78 is 17.2. The van der Waals surface area contributed by atoms with Gasteiger partial charge in [-0.05, 0) is 62.4 Å². The number of carbonyl (C=O) groups is 1. The summed E-state index contributed by atoms with van der Waals surface area (Å²) in [4.78, 5) is 25.5. The van der Waals surface area contributed by atoms with Crippen molar-refractivity contribution >= 4 is 28.5 Å². The Morgan fingerprint density at radius 3 is 2.67 bits per heavy atom. The molecule has 0 aliphatic heterocycles. The molecule has 0 unspecified atom stereocenters. The van der Waals surface area contributed by atoms with E-state index in [1.807, 2.05) is 13.0 Å². The van der Waals surface area contributed by atoms with E-state index in [0.29, 0.717) is 21.6 Å². The highest BCUT2D eigenvalue weighted by Crippen LogP contribution is 2.35. The summed E-state index contributed by atoms with van der Waals surface area (Å²) in [5, 5.41) is 0.800. The van der Waals surface area contributed by atoms with Crippen molar-refractivity contribution in [2.75, 3.05) is 6.61 Å². The lowest BCUT2D eigenvalue weighted by Gasteiger charge is -2.21. The van der Waals surface area contributed by atoms with Crippen LogP contribution in [-0.2, 0) is 9.53 Å². The third-order valence-corrected chi connectivity index (χ3v) is 5.64. The van der Waals surface area contributed by atoms with Crippen LogP contribution >= 0.6 is 11.6 Å². The Balaban J connectivity index is 1.68. The zero-order valence-electron chi connectivity index (χ0n) is 16.8. The molecule has 0 N–H and O–H groups in total. The maximum atomic E-state index is 13.2. The van der Waals surface area contributed by atoms with Crippen molar-refractivity contribution in [3.05, 3.63) is 63.3 Å². The molecule has 2 aromatic carbocycles. The molecule has 4 rings (SSSR count). The second kappa shape index (κ2) is 8.92. The maximum absolute atomic E-state index is 13.2. The van der Waals surface area contributed by atoms with E-state index in [1.165, 1.54) is 6.42 Å². The lowest BCUT2D eigenvalue weighted by atomic mass is 9.98. The average Bonchev–Trinajstić information content (AvgIpc) is 2.74. The van der Waals surface area contributed by atoms with Crippen LogP contribution < -0.4 is 10.2 Å². The van der Waals surface area contributed by atoms with Crippen molar-refractivity contribution in [2.24, 2.45) is 0 Å². The monoisotopic (exact) mass is 426 g/mol. The fraction of sp³-hybridized carbons (Fsp3) is 0.333. The van der Waals surface area contributed by atoms with Crippen LogP contribution in [0, 0.1) is 6.92 Å². The summed E-state index contributed by atoms with van der Waals surface area (Å²) in [5.74, 6) is -0.329. The molecule has 30 heavy (non-hydrogen) atoms. The fourth-order valence-corrected chi connectivity index (χ4v) is 3.99. The molecule has 1 saturated carbocycles. The number of aryl methyl sites for hydroxylation is 1. The number of carbonyl (C=O) groups excluding carboxylic acids is 1. The Morgan fingerprint density at radius 2 is 1.90 bits per heavy atom. The molecule has 1 heterocycles. The normalized spacial score (nSPS) is 14.6. The number of ether oxygens (including phenoxy) is 2. The summed E-state index contributed by atoms with van der Waals surface area (Å²) in [6, 6.07) is 12.3. The van der Waals surface area contributed by atoms with Gasteiger partial charge in [-0.3, -0.25) is 4.79 Å². The molecule has 156 valence electrons. The van der Waals surface area contributed by atoms with Crippen LogP contribution in [0.4, 0.5) is 0 Å². The van der Waals surface area contributed by atoms with Crippen LogP contribution in [0.2, 0.25) is 5.02 Å². The van der Waals surface area contributed by atoms with Crippen LogP contribution in [0.5, 0.6) is 5.75 Å². The van der Waals surface area contributed by atoms with E-state index in [-0.39, 0.29) is 29.6 Å². The standard InChI is InChI=1S/C24H23ClO5/c1-15-11-12-18-20(13-15)30-23(17-9-5-6-10-19(17)25)24(22(18)27)28-14-21(26)29-16-7-3-2-4-8-16/h5-6,9-13,16H,2-4,7-8,14H2,1H3. The predicted octanol–water partition coefficient (Wildman–Crippen LogP) is 5.68. The van der Waals surface area contributed by atoms with Gasteiger partial charge < -0.3 is 13.9 Å². The number of hydrogen-bond donors (Lipinski definition) is 0. The van der Waals surface area contributed by atoms with Crippen molar-refractivity contribution in [3.63, 3.8) is 0 Å². The molecule has 5 nitrogen and oxygen atoms in total. The first-order chi connectivity index (χ1) is 14.5. The Kier molecular flexibility index (Phi) is 6.09. The second-order valence-electron chi connectivity index (χ2n) is 7.61. The molecule has 1 fully saturated rings. The van der Waals surface area contributed by atoms with E-state index >= 15 is 0 Å². The molecule has 3 aromatic rings. The molecular formula is C24H23ClO5. The molecule has 0 radical (unpaired) electrons. The zero-order chi connectivity index (χ0) is 21.1. The van der Waals surface area contributed by atoms with Crippen molar-refractivity contribution < 1.29 is 18.7 Å². The molecule has 6 heteroatoms. The van der Waals surface area contributed by atoms with Crippen LogP contribution in [-0.4, -0.2) is 18.7 Å². The third-order valence-electron chi connectivity index (χ3n) is 5.31. The topological polar surface area (TPSA) is 65.7 Å². The number of hydrogen-bond acceptors (Lipinski definition) is 5. The molecule has 0 bridgehead atoms. The van der Waals surface area contributed by atoms with E-state index in [0.717, 1.165) is 31.2 Å². The first-order valence-corrected chi connectivity index (χ1v) is 10.6. The summed E-state index contributed by atoms with van der Waals surface area (Å²) in [6.07, 6.45) is 4.95. The van der Waals surface area contributed by atoms with Gasteiger partial charge in [0.05, 0.1) is 10.4 Å². The Labute approximate surface area is 179 Å². The minimum absolute atomic E-state index is 0.0416. The van der Waals surface area contributed by atoms with Crippen LogP contribution in [0.3, 0.4) is 0 Å². The Morgan fingerprint density at radius 1 is 1.13 bits per heavy atom. The summed E-state index contributed by atoms with van der Waals surface area (Å²) in [7, 11) is 0. The smallest absolute Gasteiger partial charge is 0.344 e. The van der Waals surface area contributed by atoms with Gasteiger partial charge in [-0.15, -0.1) is 0 Å². The minimum Gasteiger partial charge on any atom is -0.474 e. The maximum Gasteiger partial charge on any atom is 0.344 e. The molecule has 0 saturated heterocycles. The highest BCUT2D eigenvalue weighted by Gasteiger charge is 2.22. The number of halogens is 1. The largest absolute Gasteiger partial charge is 0.474 e. The van der Waals surface area contributed by atoms with Crippen molar-refractivity contribution in [3.8, 4) is 17.1 Å². The fourth-order valence-electron chi connectivity index (χ4n) is 3.77. The highest BCUT2D eigenvalue weighted by atomic mass is 35.5. The van der Waals surface area contributed by atoms with Gasteiger partial charge in [-0.1, -0.05) is 36.2 Å². The zero-order valence-corrected chi connectivity index (χ0v) is 17.5. The summed E-state index contributed by atoms with van der Waals surface area (Å²) >= 11 is 6.35. The van der Waals surface area contributed by atoms with Gasteiger partial charge in [0.1, 0.15) is 11.7 Å². The third kappa shape index (κ3) is 4.36. The van der Waals surface area contributed by atoms with Crippen LogP contribution in [0.1, 0.15) is 37.7 Å². The van der Waals surface area contributed by atoms with E-state index in [9.17, 15) is 9.59 Å². The predicted molar refractivity (Wildman–Crippen MR) is 116 cm³/mol. The Bertz CT molecular complexity index is 1130. The van der Waals surface area contributed by atoms with Gasteiger partial charge in [-0.2, -0.15) is 0 Å². The molecular weight excluding hydrogens is 404 g/mol. The number of rotatable bonds is 5. The van der Waals surface area contributed by atoms with E-state index in [4.69, 9.17) is 25.5 Å². The van der Waals surface area contributed by atoms with Gasteiger partial charge in [0, 0.05) is 5.56 Å². The number of fused-ring (bicyclic) bond motifs is 1. The highest BCUT2D eigenvalue weighted by molar-refractivity contribution is 6.33. The molecule has 0 spiro atoms. The second-order valence-corrected chi connectivity index (χ2v) is 8.01. The molecule has 1 aliphatic rings. The van der Waals surface area contributed by atoms with Gasteiger partial charge in [-0.25, -0.2) is 4.79 Å². The quantitative estimate of drug-likeness (QED) is 0.491. The van der Waals surface area contributed by atoms with Crippen molar-refractivity contribution in [1.29, 1.82) is 0 Å².